The van der Waals surface area contributed by atoms with Crippen LogP contribution in [-0.2, 0) is 11.2 Å². The number of thiazole rings is 1. The Bertz CT molecular complexity index is 568. The van der Waals surface area contributed by atoms with Gasteiger partial charge in [0.05, 0.1) is 22.8 Å². The Hall–Kier alpha value is -1.59. The summed E-state index contributed by atoms with van der Waals surface area (Å²) in [5.74, 6) is -0.391. The van der Waals surface area contributed by atoms with Crippen LogP contribution in [0, 0.1) is 0 Å². The second-order valence-electron chi connectivity index (χ2n) is 3.52. The summed E-state index contributed by atoms with van der Waals surface area (Å²) in [6, 6.07) is 5.32. The summed E-state index contributed by atoms with van der Waals surface area (Å²) in [6.45, 7) is 0. The van der Waals surface area contributed by atoms with Crippen LogP contribution in [0.25, 0.3) is 10.6 Å². The third kappa shape index (κ3) is 2.75. The molecule has 4 N–H and O–H groups in total. The van der Waals surface area contributed by atoms with E-state index in [1.807, 2.05) is 11.4 Å². The van der Waals surface area contributed by atoms with Crippen LogP contribution >= 0.6 is 22.9 Å². The van der Waals surface area contributed by atoms with E-state index in [0.29, 0.717) is 16.4 Å². The molecule has 0 atom stereocenters. The highest BCUT2D eigenvalue weighted by molar-refractivity contribution is 7.13. The smallest absolute Gasteiger partial charge is 0.223 e. The van der Waals surface area contributed by atoms with E-state index in [1.54, 1.807) is 12.1 Å². The molecule has 88 valence electrons. The van der Waals surface area contributed by atoms with Crippen LogP contribution in [0.5, 0.6) is 0 Å². The number of amides is 1. The van der Waals surface area contributed by atoms with Gasteiger partial charge in [0.1, 0.15) is 5.01 Å². The quantitative estimate of drug-likeness (QED) is 0.835. The molecule has 4 nitrogen and oxygen atoms in total. The maximum absolute atomic E-state index is 10.8. The van der Waals surface area contributed by atoms with Gasteiger partial charge >= 0.3 is 0 Å². The summed E-state index contributed by atoms with van der Waals surface area (Å²) >= 11 is 7.28. The van der Waals surface area contributed by atoms with Crippen molar-refractivity contribution < 1.29 is 4.79 Å². The molecule has 1 heterocycles. The van der Waals surface area contributed by atoms with Gasteiger partial charge in [-0.2, -0.15) is 0 Å². The van der Waals surface area contributed by atoms with E-state index in [0.717, 1.165) is 10.6 Å². The molecule has 1 amide bonds. The predicted molar refractivity (Wildman–Crippen MR) is 69.9 cm³/mol. The summed E-state index contributed by atoms with van der Waals surface area (Å²) in [6.07, 6.45) is 0.152. The molecular weight excluding hydrogens is 258 g/mol. The summed E-state index contributed by atoms with van der Waals surface area (Å²) in [5, 5.41) is 3.12. The number of hydrogen-bond acceptors (Lipinski definition) is 4. The molecule has 0 unspecified atom stereocenters. The number of carbonyl (C=O) groups is 1. The van der Waals surface area contributed by atoms with Crippen LogP contribution < -0.4 is 11.5 Å². The lowest BCUT2D eigenvalue weighted by Crippen LogP contribution is -2.13. The topological polar surface area (TPSA) is 82.0 Å². The second kappa shape index (κ2) is 4.73. The van der Waals surface area contributed by atoms with Gasteiger partial charge in [-0.15, -0.1) is 11.3 Å². The van der Waals surface area contributed by atoms with Gasteiger partial charge in [-0.1, -0.05) is 17.7 Å². The first-order valence-electron chi connectivity index (χ1n) is 4.84. The molecule has 17 heavy (non-hydrogen) atoms. The molecule has 0 radical (unpaired) electrons. The summed E-state index contributed by atoms with van der Waals surface area (Å²) in [5.41, 5.74) is 12.9. The van der Waals surface area contributed by atoms with Crippen molar-refractivity contribution in [3.8, 4) is 10.6 Å². The number of halogens is 1. The zero-order valence-electron chi connectivity index (χ0n) is 8.81. The van der Waals surface area contributed by atoms with E-state index in [-0.39, 0.29) is 6.42 Å². The van der Waals surface area contributed by atoms with Gasteiger partial charge in [0.15, 0.2) is 0 Å². The highest BCUT2D eigenvalue weighted by atomic mass is 35.5. The minimum absolute atomic E-state index is 0.152. The maximum atomic E-state index is 10.8. The average molecular weight is 268 g/mol. The molecule has 2 rings (SSSR count). The molecule has 6 heteroatoms. The normalized spacial score (nSPS) is 10.4. The van der Waals surface area contributed by atoms with Crippen molar-refractivity contribution in [2.24, 2.45) is 5.73 Å². The van der Waals surface area contributed by atoms with Crippen LogP contribution in [0.15, 0.2) is 23.6 Å². The number of hydrogen-bond donors (Lipinski definition) is 2. The Balaban J connectivity index is 2.30. The van der Waals surface area contributed by atoms with Gasteiger partial charge in [-0.25, -0.2) is 4.98 Å². The minimum Gasteiger partial charge on any atom is -0.398 e. The lowest BCUT2D eigenvalue weighted by Gasteiger charge is -2.00. The molecule has 0 aliphatic carbocycles. The van der Waals surface area contributed by atoms with E-state index in [1.165, 1.54) is 11.3 Å². The van der Waals surface area contributed by atoms with E-state index in [2.05, 4.69) is 4.98 Å². The van der Waals surface area contributed by atoms with Gasteiger partial charge in [-0.3, -0.25) is 4.79 Å². The largest absolute Gasteiger partial charge is 0.398 e. The molecule has 2 aromatic rings. The number of aromatic nitrogens is 1. The summed E-state index contributed by atoms with van der Waals surface area (Å²) < 4.78 is 0. The molecule has 0 bridgehead atoms. The highest BCUT2D eigenvalue weighted by Crippen LogP contribution is 2.28. The van der Waals surface area contributed by atoms with Gasteiger partial charge in [0.25, 0.3) is 0 Å². The number of nitrogens with two attached hydrogens (primary N) is 2. The van der Waals surface area contributed by atoms with Crippen molar-refractivity contribution in [1.82, 2.24) is 4.98 Å². The molecule has 0 spiro atoms. The Morgan fingerprint density at radius 1 is 1.47 bits per heavy atom. The van der Waals surface area contributed by atoms with E-state index in [4.69, 9.17) is 23.1 Å². The average Bonchev–Trinajstić information content (AvgIpc) is 2.69. The number of anilines is 1. The second-order valence-corrected chi connectivity index (χ2v) is 4.79. The predicted octanol–water partition coefficient (Wildman–Crippen LogP) is 2.07. The number of benzene rings is 1. The summed E-state index contributed by atoms with van der Waals surface area (Å²) in [7, 11) is 0. The van der Waals surface area contributed by atoms with E-state index in [9.17, 15) is 4.79 Å². The minimum atomic E-state index is -0.391. The monoisotopic (exact) mass is 267 g/mol. The first-order chi connectivity index (χ1) is 8.06. The lowest BCUT2D eigenvalue weighted by molar-refractivity contribution is -0.117. The number of carbonyl (C=O) groups excluding carboxylic acids is 1. The molecule has 0 saturated heterocycles. The Morgan fingerprint density at radius 3 is 2.88 bits per heavy atom. The van der Waals surface area contributed by atoms with Crippen LogP contribution in [0.1, 0.15) is 5.69 Å². The fourth-order valence-electron chi connectivity index (χ4n) is 1.38. The molecule has 0 fully saturated rings. The molecule has 0 aliphatic heterocycles. The molecule has 0 aliphatic rings. The van der Waals surface area contributed by atoms with Crippen LogP contribution in [0.3, 0.4) is 0 Å². The molecule has 1 aromatic carbocycles. The Labute approximate surface area is 107 Å². The third-order valence-electron chi connectivity index (χ3n) is 2.15. The molecule has 1 aromatic heterocycles. The third-order valence-corrected chi connectivity index (χ3v) is 3.43. The van der Waals surface area contributed by atoms with Crippen molar-refractivity contribution in [3.63, 3.8) is 0 Å². The van der Waals surface area contributed by atoms with Gasteiger partial charge in [-0.05, 0) is 12.1 Å². The van der Waals surface area contributed by atoms with Crippen molar-refractivity contribution >= 4 is 34.5 Å². The fraction of sp³-hybridized carbons (Fsp3) is 0.0909. The highest BCUT2D eigenvalue weighted by Gasteiger charge is 2.08. The van der Waals surface area contributed by atoms with E-state index < -0.39 is 5.91 Å². The Kier molecular flexibility index (Phi) is 3.31. The molecular formula is C11H10ClN3OS. The first kappa shape index (κ1) is 11.9. The standard InChI is InChI=1S/C11H10ClN3OS/c12-8-2-1-6(3-9(8)13)11-15-7(5-17-11)4-10(14)16/h1-3,5H,4,13H2,(H2,14,16). The van der Waals surface area contributed by atoms with Crippen molar-refractivity contribution in [3.05, 3.63) is 34.3 Å². The lowest BCUT2D eigenvalue weighted by atomic mass is 10.2. The maximum Gasteiger partial charge on any atom is 0.223 e. The van der Waals surface area contributed by atoms with Crippen molar-refractivity contribution in [2.45, 2.75) is 6.42 Å². The fourth-order valence-corrected chi connectivity index (χ4v) is 2.31. The molecule has 0 saturated carbocycles. The Morgan fingerprint density at radius 2 is 2.24 bits per heavy atom. The van der Waals surface area contributed by atoms with Crippen LogP contribution in [0.4, 0.5) is 5.69 Å². The number of nitrogen functional groups attached to an aromatic ring is 1. The SMILES string of the molecule is NC(=O)Cc1csc(-c2ccc(Cl)c(N)c2)n1. The van der Waals surface area contributed by atoms with E-state index >= 15 is 0 Å². The van der Waals surface area contributed by atoms with Gasteiger partial charge < -0.3 is 11.5 Å². The number of nitrogens with zero attached hydrogens (tertiary/aromatic N) is 1. The first-order valence-corrected chi connectivity index (χ1v) is 6.10. The van der Waals surface area contributed by atoms with Gasteiger partial charge in [0, 0.05) is 10.9 Å². The number of primary amides is 1. The summed E-state index contributed by atoms with van der Waals surface area (Å²) in [4.78, 5) is 15.1. The van der Waals surface area contributed by atoms with Crippen LogP contribution in [0.2, 0.25) is 5.02 Å². The van der Waals surface area contributed by atoms with Crippen molar-refractivity contribution in [1.29, 1.82) is 0 Å². The zero-order chi connectivity index (χ0) is 12.4. The van der Waals surface area contributed by atoms with Gasteiger partial charge in [0.2, 0.25) is 5.91 Å². The van der Waals surface area contributed by atoms with Crippen molar-refractivity contribution in [2.75, 3.05) is 5.73 Å². The van der Waals surface area contributed by atoms with Crippen LogP contribution in [-0.4, -0.2) is 10.9 Å². The zero-order valence-corrected chi connectivity index (χ0v) is 10.4. The number of rotatable bonds is 3.